The van der Waals surface area contributed by atoms with E-state index >= 15 is 0 Å². The van der Waals surface area contributed by atoms with E-state index in [4.69, 9.17) is 0 Å². The highest BCUT2D eigenvalue weighted by atomic mass is 79.9. The highest BCUT2D eigenvalue weighted by Gasteiger charge is 1.99. The first-order valence-corrected chi connectivity index (χ1v) is 4.42. The molecular weight excluding hydrogens is 232 g/mol. The maximum atomic E-state index is 3.84. The minimum Gasteiger partial charge on any atom is -0.135 e. The number of benzene rings is 1. The molecule has 5 heteroatoms. The second-order valence-corrected chi connectivity index (χ2v) is 3.29. The first-order chi connectivity index (χ1) is 6.36. The fourth-order valence-electron chi connectivity index (χ4n) is 0.919. The van der Waals surface area contributed by atoms with Gasteiger partial charge in [0.25, 0.3) is 0 Å². The third kappa shape index (κ3) is 1.86. The van der Waals surface area contributed by atoms with Crippen molar-refractivity contribution < 1.29 is 0 Å². The summed E-state index contributed by atoms with van der Waals surface area (Å²) in [5.41, 5.74) is 0.906. The Morgan fingerprint density at radius 1 is 0.923 bits per heavy atom. The van der Waals surface area contributed by atoms with Crippen molar-refractivity contribution in [1.29, 1.82) is 0 Å². The van der Waals surface area contributed by atoms with Crippen LogP contribution < -0.4 is 0 Å². The van der Waals surface area contributed by atoms with Gasteiger partial charge in [-0.3, -0.25) is 0 Å². The highest BCUT2D eigenvalue weighted by Crippen LogP contribution is 2.16. The van der Waals surface area contributed by atoms with Crippen molar-refractivity contribution in [1.82, 2.24) is 20.4 Å². The maximum Gasteiger partial charge on any atom is 0.203 e. The van der Waals surface area contributed by atoms with Gasteiger partial charge in [-0.15, -0.1) is 20.4 Å². The zero-order chi connectivity index (χ0) is 9.10. The van der Waals surface area contributed by atoms with Crippen LogP contribution in [0.2, 0.25) is 0 Å². The van der Waals surface area contributed by atoms with E-state index in [1.54, 1.807) is 0 Å². The lowest BCUT2D eigenvalue weighted by Crippen LogP contribution is -1.93. The van der Waals surface area contributed by atoms with E-state index in [0.717, 1.165) is 10.0 Å². The summed E-state index contributed by atoms with van der Waals surface area (Å²) < 4.78 is 1.02. The molecule has 13 heavy (non-hydrogen) atoms. The van der Waals surface area contributed by atoms with Gasteiger partial charge in [0.05, 0.1) is 0 Å². The van der Waals surface area contributed by atoms with Gasteiger partial charge in [0.1, 0.15) is 0 Å². The number of hydrogen-bond acceptors (Lipinski definition) is 4. The molecule has 0 radical (unpaired) electrons. The van der Waals surface area contributed by atoms with Gasteiger partial charge in [-0.2, -0.15) is 0 Å². The van der Waals surface area contributed by atoms with E-state index in [9.17, 15) is 0 Å². The monoisotopic (exact) mass is 236 g/mol. The molecular formula is C8H5BrN4. The minimum absolute atomic E-state index is 0.537. The molecule has 0 fully saturated rings. The topological polar surface area (TPSA) is 51.6 Å². The average molecular weight is 237 g/mol. The van der Waals surface area contributed by atoms with Crippen molar-refractivity contribution in [2.45, 2.75) is 0 Å². The van der Waals surface area contributed by atoms with Crippen LogP contribution in [0.15, 0.2) is 35.1 Å². The van der Waals surface area contributed by atoms with Crippen molar-refractivity contribution >= 4 is 15.9 Å². The second kappa shape index (κ2) is 3.57. The lowest BCUT2D eigenvalue weighted by atomic mass is 10.2. The Hall–Kier alpha value is -1.36. The number of nitrogens with zero attached hydrogens (tertiary/aromatic N) is 4. The standard InChI is InChI=1S/C8H5BrN4/c9-7-3-1-6(2-4-7)8-12-10-5-11-13-8/h1-5H. The van der Waals surface area contributed by atoms with E-state index in [1.165, 1.54) is 6.33 Å². The molecule has 0 unspecified atom stereocenters. The molecule has 0 saturated carbocycles. The Morgan fingerprint density at radius 3 is 2.15 bits per heavy atom. The SMILES string of the molecule is Brc1ccc(-c2nncnn2)cc1. The predicted octanol–water partition coefficient (Wildman–Crippen LogP) is 1.70. The van der Waals surface area contributed by atoms with E-state index in [1.807, 2.05) is 24.3 Å². The normalized spacial score (nSPS) is 9.92. The molecule has 0 amide bonds. The molecule has 2 aromatic rings. The molecule has 0 bridgehead atoms. The van der Waals surface area contributed by atoms with Crippen LogP contribution in [0, 0.1) is 0 Å². The van der Waals surface area contributed by atoms with Gasteiger partial charge in [0.2, 0.25) is 5.82 Å². The fraction of sp³-hybridized carbons (Fsp3) is 0. The summed E-state index contributed by atoms with van der Waals surface area (Å²) >= 11 is 3.35. The van der Waals surface area contributed by atoms with Gasteiger partial charge in [-0.05, 0) is 24.3 Å². The van der Waals surface area contributed by atoms with E-state index < -0.39 is 0 Å². The molecule has 0 aliphatic rings. The van der Waals surface area contributed by atoms with Crippen LogP contribution in [-0.4, -0.2) is 20.4 Å². The van der Waals surface area contributed by atoms with Gasteiger partial charge < -0.3 is 0 Å². The van der Waals surface area contributed by atoms with Crippen molar-refractivity contribution in [3.05, 3.63) is 35.1 Å². The van der Waals surface area contributed by atoms with Crippen LogP contribution in [-0.2, 0) is 0 Å². The fourth-order valence-corrected chi connectivity index (χ4v) is 1.18. The lowest BCUT2D eigenvalue weighted by Gasteiger charge is -1.96. The molecule has 0 aliphatic heterocycles. The zero-order valence-electron chi connectivity index (χ0n) is 6.55. The van der Waals surface area contributed by atoms with Crippen LogP contribution in [0.1, 0.15) is 0 Å². The number of aromatic nitrogens is 4. The number of rotatable bonds is 1. The van der Waals surface area contributed by atoms with Crippen molar-refractivity contribution in [3.8, 4) is 11.4 Å². The summed E-state index contributed by atoms with van der Waals surface area (Å²) in [6.07, 6.45) is 1.31. The van der Waals surface area contributed by atoms with Gasteiger partial charge in [0, 0.05) is 10.0 Å². The molecule has 2 rings (SSSR count). The van der Waals surface area contributed by atoms with Gasteiger partial charge in [-0.25, -0.2) is 0 Å². The molecule has 0 spiro atoms. The first-order valence-electron chi connectivity index (χ1n) is 3.62. The van der Waals surface area contributed by atoms with E-state index in [0.29, 0.717) is 5.82 Å². The van der Waals surface area contributed by atoms with Crippen LogP contribution in [0.25, 0.3) is 11.4 Å². The molecule has 0 atom stereocenters. The zero-order valence-corrected chi connectivity index (χ0v) is 8.14. The summed E-state index contributed by atoms with van der Waals surface area (Å²) in [7, 11) is 0. The molecule has 1 heterocycles. The largest absolute Gasteiger partial charge is 0.203 e. The molecule has 1 aromatic carbocycles. The van der Waals surface area contributed by atoms with Crippen LogP contribution in [0.5, 0.6) is 0 Å². The molecule has 0 aliphatic carbocycles. The Kier molecular flexibility index (Phi) is 2.27. The third-order valence-corrected chi connectivity index (χ3v) is 2.04. The maximum absolute atomic E-state index is 3.84. The summed E-state index contributed by atoms with van der Waals surface area (Å²) in [4.78, 5) is 0. The van der Waals surface area contributed by atoms with Crippen molar-refractivity contribution in [3.63, 3.8) is 0 Å². The molecule has 0 saturated heterocycles. The van der Waals surface area contributed by atoms with E-state index in [-0.39, 0.29) is 0 Å². The van der Waals surface area contributed by atoms with Gasteiger partial charge in [-0.1, -0.05) is 15.9 Å². The van der Waals surface area contributed by atoms with Crippen molar-refractivity contribution in [2.24, 2.45) is 0 Å². The second-order valence-electron chi connectivity index (χ2n) is 2.38. The third-order valence-electron chi connectivity index (χ3n) is 1.51. The highest BCUT2D eigenvalue weighted by molar-refractivity contribution is 9.10. The first kappa shape index (κ1) is 8.25. The van der Waals surface area contributed by atoms with Crippen LogP contribution >= 0.6 is 15.9 Å². The molecule has 1 aromatic heterocycles. The predicted molar refractivity (Wildman–Crippen MR) is 50.8 cm³/mol. The number of halogens is 1. The summed E-state index contributed by atoms with van der Waals surface area (Å²) in [6, 6.07) is 7.66. The van der Waals surface area contributed by atoms with Crippen LogP contribution in [0.3, 0.4) is 0 Å². The Morgan fingerprint density at radius 2 is 1.54 bits per heavy atom. The molecule has 64 valence electrons. The average Bonchev–Trinajstić information content (AvgIpc) is 2.20. The Balaban J connectivity index is 2.42. The lowest BCUT2D eigenvalue weighted by molar-refractivity contribution is 0.864. The molecule has 0 N–H and O–H groups in total. The summed E-state index contributed by atoms with van der Waals surface area (Å²) in [5, 5.41) is 15.0. The molecule has 4 nitrogen and oxygen atoms in total. The Labute approximate surface area is 83.2 Å². The van der Waals surface area contributed by atoms with Crippen LogP contribution in [0.4, 0.5) is 0 Å². The summed E-state index contributed by atoms with van der Waals surface area (Å²) in [6.45, 7) is 0. The van der Waals surface area contributed by atoms with Gasteiger partial charge >= 0.3 is 0 Å². The number of hydrogen-bond donors (Lipinski definition) is 0. The smallest absolute Gasteiger partial charge is 0.135 e. The summed E-state index contributed by atoms with van der Waals surface area (Å²) in [5.74, 6) is 0.537. The van der Waals surface area contributed by atoms with E-state index in [2.05, 4.69) is 36.3 Å². The Bertz CT molecular complexity index is 387. The van der Waals surface area contributed by atoms with Gasteiger partial charge in [0.15, 0.2) is 6.33 Å². The van der Waals surface area contributed by atoms with Crippen molar-refractivity contribution in [2.75, 3.05) is 0 Å². The minimum atomic E-state index is 0.537. The quantitative estimate of drug-likeness (QED) is 0.757.